The van der Waals surface area contributed by atoms with Crippen LogP contribution in [-0.4, -0.2) is 12.9 Å². The average molecular weight is 323 g/mol. The van der Waals surface area contributed by atoms with E-state index in [9.17, 15) is 4.79 Å². The molecule has 0 saturated carbocycles. The molecule has 1 aliphatic heterocycles. The molecule has 2 atom stereocenters. The highest BCUT2D eigenvalue weighted by atomic mass is 16.7. The molecule has 0 aliphatic carbocycles. The second-order valence-electron chi connectivity index (χ2n) is 6.24. The van der Waals surface area contributed by atoms with E-state index >= 15 is 0 Å². The number of ether oxygens (including phenoxy) is 2. The molecule has 0 saturated heterocycles. The lowest BCUT2D eigenvalue weighted by Crippen LogP contribution is -2.41. The van der Waals surface area contributed by atoms with E-state index in [0.717, 1.165) is 10.9 Å². The van der Waals surface area contributed by atoms with E-state index in [1.807, 2.05) is 55.5 Å². The van der Waals surface area contributed by atoms with Crippen molar-refractivity contribution in [3.8, 4) is 5.75 Å². The summed E-state index contributed by atoms with van der Waals surface area (Å²) in [6.45, 7) is 1.90. The van der Waals surface area contributed by atoms with E-state index in [0.29, 0.717) is 23.3 Å². The minimum atomic E-state index is -0.802. The molecule has 122 valence electrons. The first-order valence-electron chi connectivity index (χ1n) is 7.96. The van der Waals surface area contributed by atoms with Gasteiger partial charge < -0.3 is 13.9 Å². The Balaban J connectivity index is 2.03. The SMILES string of the molecule is COC1(C)CC(c2ccccc2)c2c(c3ccccc3o[13c]2=O)O1. The fourth-order valence-corrected chi connectivity index (χ4v) is 3.37. The Hall–Kier alpha value is -2.59. The monoisotopic (exact) mass is 323 g/mol. The van der Waals surface area contributed by atoms with Gasteiger partial charge in [-0.3, -0.25) is 0 Å². The van der Waals surface area contributed by atoms with Crippen LogP contribution in [0.15, 0.2) is 63.8 Å². The first-order valence-corrected chi connectivity index (χ1v) is 7.96. The van der Waals surface area contributed by atoms with Gasteiger partial charge in [0.1, 0.15) is 11.3 Å². The summed E-state index contributed by atoms with van der Waals surface area (Å²) in [5.41, 5.74) is 1.78. The van der Waals surface area contributed by atoms with Crippen molar-refractivity contribution in [3.05, 3.63) is 76.1 Å². The van der Waals surface area contributed by atoms with E-state index in [1.54, 1.807) is 13.2 Å². The summed E-state index contributed by atoms with van der Waals surface area (Å²) in [5, 5.41) is 0.788. The predicted molar refractivity (Wildman–Crippen MR) is 91.4 cm³/mol. The van der Waals surface area contributed by atoms with Crippen molar-refractivity contribution in [2.45, 2.75) is 25.0 Å². The van der Waals surface area contributed by atoms with Gasteiger partial charge in [-0.05, 0) is 17.7 Å². The molecule has 0 N–H and O–H groups in total. The van der Waals surface area contributed by atoms with Crippen molar-refractivity contribution in [1.82, 2.24) is 0 Å². The first-order chi connectivity index (χ1) is 11.6. The van der Waals surface area contributed by atoms with Crippen LogP contribution in [0.5, 0.6) is 5.75 Å². The Kier molecular flexibility index (Phi) is 3.43. The molecule has 2 aromatic carbocycles. The highest BCUT2D eigenvalue weighted by Crippen LogP contribution is 2.45. The fraction of sp³-hybridized carbons (Fsp3) is 0.250. The van der Waals surface area contributed by atoms with E-state index < -0.39 is 5.79 Å². The van der Waals surface area contributed by atoms with Crippen LogP contribution < -0.4 is 10.4 Å². The van der Waals surface area contributed by atoms with Crippen LogP contribution in [-0.2, 0) is 4.74 Å². The highest BCUT2D eigenvalue weighted by Gasteiger charge is 2.41. The van der Waals surface area contributed by atoms with E-state index in [-0.39, 0.29) is 11.5 Å². The van der Waals surface area contributed by atoms with Gasteiger partial charge in [-0.1, -0.05) is 42.5 Å². The maximum Gasteiger partial charge on any atom is 0.343 e. The Morgan fingerprint density at radius 2 is 1.79 bits per heavy atom. The number of benzene rings is 2. The van der Waals surface area contributed by atoms with Crippen molar-refractivity contribution < 1.29 is 13.9 Å². The number of rotatable bonds is 2. The van der Waals surface area contributed by atoms with Gasteiger partial charge in [0.2, 0.25) is 5.79 Å². The van der Waals surface area contributed by atoms with Crippen LogP contribution in [0.3, 0.4) is 0 Å². The van der Waals surface area contributed by atoms with Crippen molar-refractivity contribution in [1.29, 1.82) is 0 Å². The maximum absolute atomic E-state index is 12.7. The summed E-state index contributed by atoms with van der Waals surface area (Å²) >= 11 is 0. The van der Waals surface area contributed by atoms with Gasteiger partial charge in [0.15, 0.2) is 0 Å². The summed E-state index contributed by atoms with van der Waals surface area (Å²) in [6.07, 6.45) is 0.545. The lowest BCUT2D eigenvalue weighted by molar-refractivity contribution is -0.163. The van der Waals surface area contributed by atoms with Crippen LogP contribution in [0.2, 0.25) is 0 Å². The molecular formula is C20H18O4. The molecule has 2 unspecified atom stereocenters. The minimum Gasteiger partial charge on any atom is -0.461 e. The highest BCUT2D eigenvalue weighted by molar-refractivity contribution is 5.85. The smallest absolute Gasteiger partial charge is 0.343 e. The van der Waals surface area contributed by atoms with Crippen LogP contribution >= 0.6 is 0 Å². The molecule has 0 fully saturated rings. The third kappa shape index (κ3) is 2.31. The van der Waals surface area contributed by atoms with Gasteiger partial charge in [-0.2, -0.15) is 0 Å². The van der Waals surface area contributed by atoms with Crippen molar-refractivity contribution >= 4 is 11.0 Å². The third-order valence-electron chi connectivity index (χ3n) is 4.67. The van der Waals surface area contributed by atoms with Crippen LogP contribution in [0.1, 0.15) is 30.4 Å². The summed E-state index contributed by atoms with van der Waals surface area (Å²) < 4.78 is 17.3. The zero-order valence-corrected chi connectivity index (χ0v) is 13.6. The largest absolute Gasteiger partial charge is 0.461 e. The van der Waals surface area contributed by atoms with Crippen molar-refractivity contribution in [2.75, 3.05) is 7.11 Å². The van der Waals surface area contributed by atoms with Gasteiger partial charge in [0, 0.05) is 26.4 Å². The van der Waals surface area contributed by atoms with Gasteiger partial charge >= 0.3 is 5.63 Å². The molecule has 0 bridgehead atoms. The topological polar surface area (TPSA) is 48.7 Å². The first kappa shape index (κ1) is 15.0. The van der Waals surface area contributed by atoms with E-state index in [4.69, 9.17) is 13.9 Å². The molecule has 0 amide bonds. The Labute approximate surface area is 139 Å². The van der Waals surface area contributed by atoms with Crippen LogP contribution in [0.4, 0.5) is 0 Å². The van der Waals surface area contributed by atoms with Gasteiger partial charge in [-0.25, -0.2) is 4.79 Å². The molecular weight excluding hydrogens is 305 g/mol. The van der Waals surface area contributed by atoms with Gasteiger partial charge in [-0.15, -0.1) is 0 Å². The predicted octanol–water partition coefficient (Wildman–Crippen LogP) is 4.07. The van der Waals surface area contributed by atoms with Gasteiger partial charge in [0.05, 0.1) is 10.9 Å². The molecule has 4 nitrogen and oxygen atoms in total. The molecule has 24 heavy (non-hydrogen) atoms. The second-order valence-corrected chi connectivity index (χ2v) is 6.24. The number of hydrogen-bond acceptors (Lipinski definition) is 4. The molecule has 3 aromatic rings. The van der Waals surface area contributed by atoms with Crippen molar-refractivity contribution in [2.24, 2.45) is 0 Å². The molecule has 4 rings (SSSR count). The van der Waals surface area contributed by atoms with Crippen LogP contribution in [0, 0.1) is 0 Å². The Morgan fingerprint density at radius 1 is 1.08 bits per heavy atom. The number of para-hydroxylation sites is 1. The quantitative estimate of drug-likeness (QED) is 0.667. The Morgan fingerprint density at radius 3 is 2.54 bits per heavy atom. The Bertz CT molecular complexity index is 945. The summed E-state index contributed by atoms with van der Waals surface area (Å²) in [6, 6.07) is 17.4. The lowest BCUT2D eigenvalue weighted by Gasteiger charge is -2.38. The summed E-state index contributed by atoms with van der Waals surface area (Å²) in [5.74, 6) is -0.378. The number of fused-ring (bicyclic) bond motifs is 3. The zero-order chi connectivity index (χ0) is 16.7. The zero-order valence-electron chi connectivity index (χ0n) is 13.6. The molecule has 1 aromatic heterocycles. The normalized spacial score (nSPS) is 22.8. The molecule has 0 radical (unpaired) electrons. The molecule has 1 aliphatic rings. The lowest BCUT2D eigenvalue weighted by atomic mass is 9.85. The van der Waals surface area contributed by atoms with Crippen molar-refractivity contribution in [3.63, 3.8) is 0 Å². The molecule has 4 heteroatoms. The standard InChI is InChI=1S/C20H18O4/c1-20(22-2)12-15(13-8-4-3-5-9-13)17-18(24-20)14-10-6-7-11-16(14)23-19(17)21/h3-11,15H,12H2,1-2H3/i19+1. The summed E-state index contributed by atoms with van der Waals surface area (Å²) in [7, 11) is 1.63. The van der Waals surface area contributed by atoms with E-state index in [2.05, 4.69) is 0 Å². The van der Waals surface area contributed by atoms with Gasteiger partial charge in [0.25, 0.3) is 0 Å². The average Bonchev–Trinajstić information content (AvgIpc) is 2.62. The van der Waals surface area contributed by atoms with Crippen LogP contribution in [0.25, 0.3) is 11.0 Å². The molecule has 2 heterocycles. The minimum absolute atomic E-state index is 0.138. The second kappa shape index (κ2) is 5.49. The maximum atomic E-state index is 12.7. The summed E-state index contributed by atoms with van der Waals surface area (Å²) in [4.78, 5) is 12.7. The molecule has 0 spiro atoms. The third-order valence-corrected chi connectivity index (χ3v) is 4.67. The fourth-order valence-electron chi connectivity index (χ4n) is 3.37. The van der Waals surface area contributed by atoms with E-state index in [1.165, 1.54) is 0 Å². The number of hydrogen-bond donors (Lipinski definition) is 0. The number of methoxy groups -OCH3 is 1.